The lowest BCUT2D eigenvalue weighted by atomic mass is 10.0. The third-order valence-corrected chi connectivity index (χ3v) is 21.3. The molecule has 1 aliphatic heterocycles. The molecule has 0 aromatic heterocycles. The number of nitrogens with one attached hydrogen (secondary N) is 11. The molecule has 690 valence electrons. The number of hydrogen-bond donors (Lipinski definition) is 21. The molecule has 23 N–H and O–H groups in total. The van der Waals surface area contributed by atoms with Crippen LogP contribution in [0.4, 0.5) is 0 Å². The lowest BCUT2D eigenvalue weighted by Gasteiger charge is -2.31. The fourth-order valence-electron chi connectivity index (χ4n) is 13.2. The molecule has 1 aromatic rings. The van der Waals surface area contributed by atoms with E-state index in [2.05, 4.69) is 83.0 Å². The van der Waals surface area contributed by atoms with E-state index in [0.29, 0.717) is 29.9 Å². The van der Waals surface area contributed by atoms with Crippen LogP contribution in [-0.4, -0.2) is 271 Å². The van der Waals surface area contributed by atoms with Gasteiger partial charge in [-0.3, -0.25) is 76.9 Å². The van der Waals surface area contributed by atoms with Gasteiger partial charge in [-0.2, -0.15) is 24.4 Å². The van der Waals surface area contributed by atoms with E-state index in [4.69, 9.17) is 21.9 Å². The van der Waals surface area contributed by atoms with E-state index in [9.17, 15) is 107 Å². The van der Waals surface area contributed by atoms with Crippen molar-refractivity contribution in [3.05, 3.63) is 35.9 Å². The highest BCUT2D eigenvalue weighted by molar-refractivity contribution is 7.99. The number of aliphatic carboxylic acids is 3. The van der Waals surface area contributed by atoms with Gasteiger partial charge in [0.05, 0.1) is 25.2 Å². The number of rotatable bonds is 65. The number of guanidine groups is 1. The second-order valence-electron chi connectivity index (χ2n) is 31.3. The summed E-state index contributed by atoms with van der Waals surface area (Å²) in [7, 11) is 0. The number of amides is 12. The van der Waals surface area contributed by atoms with Crippen molar-refractivity contribution in [2.75, 3.05) is 50.1 Å². The van der Waals surface area contributed by atoms with Crippen LogP contribution >= 0.6 is 24.4 Å². The first kappa shape index (κ1) is 109. The number of carboxylic acids is 3. The number of nitrogens with zero attached hydrogens (tertiary/aromatic N) is 2. The number of benzene rings is 1. The molecule has 41 heteroatoms. The minimum absolute atomic E-state index is 0.000377. The van der Waals surface area contributed by atoms with Gasteiger partial charge in [-0.05, 0) is 102 Å². The van der Waals surface area contributed by atoms with Crippen LogP contribution in [0.3, 0.4) is 0 Å². The number of carbonyl (C=O) groups excluding carboxylic acids is 13. The topological polar surface area (TPSA) is 630 Å². The highest BCUT2D eigenvalue weighted by Crippen LogP contribution is 2.22. The van der Waals surface area contributed by atoms with Crippen molar-refractivity contribution in [2.24, 2.45) is 34.0 Å². The number of esters is 1. The summed E-state index contributed by atoms with van der Waals surface area (Å²) in [4.78, 5) is 222. The summed E-state index contributed by atoms with van der Waals surface area (Å²) in [5.41, 5.74) is 17.2. The fraction of sp³-hybridized carbons (Fsp3) is 0.716. The number of nitrogens with two attached hydrogens (primary N) is 3. The Morgan fingerprint density at radius 1 is 0.525 bits per heavy atom. The molecular formula is C81H136N16O23S2. The Labute approximate surface area is 723 Å². The molecule has 12 amide bonds. The molecule has 0 radical (unpaired) electrons. The summed E-state index contributed by atoms with van der Waals surface area (Å²) in [5.74, 6) is -18.0. The molecule has 14 atom stereocenters. The molecule has 39 nitrogen and oxygen atoms in total. The van der Waals surface area contributed by atoms with Gasteiger partial charge in [0.1, 0.15) is 73.1 Å². The van der Waals surface area contributed by atoms with Crippen LogP contribution in [0.2, 0.25) is 0 Å². The molecule has 1 fully saturated rings. The SMILES string of the molecule is CCCCCCCCCCCCCCCC(=O)OCCSCCC(=O)N[C@H](C(=O)N[C@@H](CC(=O)O)C(=O)N[C@@H](CS)C(=O)N[C@@H](Cc1ccccc1)C(=O)N[C@@H](CC(C)C)C(=O)N[C@@H](CO)C(=O)N[C@@H](CCCN=C(N)N)C(=O)N1CCC[C@H]1C(=O)N[C@H](C(=O)N[C@@H](CCC(=O)O)C(=O)N[C@@H](CCCCN)C(=O)N[C@H](C(=O)O)[C@@H](C)O)[C@@H](C)O)C(C)C. The maximum Gasteiger partial charge on any atom is 0.328 e. The Hall–Kier alpha value is -9.45. The zero-order valence-corrected chi connectivity index (χ0v) is 73.2. The number of likely N-dealkylation sites (tertiary alicyclic amines) is 1. The number of hydrogen-bond acceptors (Lipinski definition) is 24. The summed E-state index contributed by atoms with van der Waals surface area (Å²) in [6.07, 6.45) is 9.98. The smallest absolute Gasteiger partial charge is 0.328 e. The van der Waals surface area contributed by atoms with Gasteiger partial charge in [0.2, 0.25) is 70.9 Å². The zero-order valence-electron chi connectivity index (χ0n) is 71.5. The maximum absolute atomic E-state index is 14.8. The molecule has 0 spiro atoms. The van der Waals surface area contributed by atoms with Crippen molar-refractivity contribution >= 4 is 125 Å². The van der Waals surface area contributed by atoms with Crippen LogP contribution in [0.1, 0.15) is 221 Å². The molecule has 0 bridgehead atoms. The number of thiol groups is 1. The normalized spacial score (nSPS) is 15.7. The maximum atomic E-state index is 14.8. The quantitative estimate of drug-likeness (QED) is 0.0131. The van der Waals surface area contributed by atoms with Crippen molar-refractivity contribution in [1.29, 1.82) is 0 Å². The second-order valence-corrected chi connectivity index (χ2v) is 32.9. The van der Waals surface area contributed by atoms with E-state index in [1.165, 1.54) is 69.5 Å². The van der Waals surface area contributed by atoms with Gasteiger partial charge in [-0.1, -0.05) is 142 Å². The van der Waals surface area contributed by atoms with Crippen molar-refractivity contribution in [3.8, 4) is 0 Å². The van der Waals surface area contributed by atoms with Crippen molar-refractivity contribution < 1.29 is 112 Å². The van der Waals surface area contributed by atoms with E-state index in [0.717, 1.165) is 44.4 Å². The van der Waals surface area contributed by atoms with Crippen LogP contribution in [0.5, 0.6) is 0 Å². The lowest BCUT2D eigenvalue weighted by molar-refractivity contribution is -0.145. The summed E-state index contributed by atoms with van der Waals surface area (Å²) in [5, 5.41) is 87.5. The van der Waals surface area contributed by atoms with Crippen molar-refractivity contribution in [3.63, 3.8) is 0 Å². The number of thioether (sulfide) groups is 1. The Kier molecular flexibility index (Phi) is 54.3. The fourth-order valence-corrected chi connectivity index (χ4v) is 14.2. The zero-order chi connectivity index (χ0) is 91.4. The van der Waals surface area contributed by atoms with Crippen molar-refractivity contribution in [1.82, 2.24) is 63.4 Å². The molecule has 2 rings (SSSR count). The monoisotopic (exact) mass is 1760 g/mol. The molecule has 1 aromatic carbocycles. The van der Waals surface area contributed by atoms with E-state index in [-0.39, 0.29) is 102 Å². The molecule has 0 saturated carbocycles. The highest BCUT2D eigenvalue weighted by atomic mass is 32.2. The molecule has 0 unspecified atom stereocenters. The highest BCUT2D eigenvalue weighted by Gasteiger charge is 2.42. The van der Waals surface area contributed by atoms with Crippen LogP contribution in [0.15, 0.2) is 35.3 Å². The second kappa shape index (κ2) is 61.0. The number of aliphatic hydroxyl groups is 3. The minimum atomic E-state index is -1.91. The Bertz CT molecular complexity index is 3510. The van der Waals surface area contributed by atoms with Gasteiger partial charge >= 0.3 is 23.9 Å². The average Bonchev–Trinajstić information content (AvgIpc) is 1.25. The number of aliphatic hydroxyl groups excluding tert-OH is 3. The van der Waals surface area contributed by atoms with E-state index in [1.807, 2.05) is 0 Å². The first-order valence-electron chi connectivity index (χ1n) is 42.3. The number of aliphatic imine (C=N–C) groups is 1. The number of carbonyl (C=O) groups is 16. The number of ether oxygens (including phenoxy) is 1. The van der Waals surface area contributed by atoms with E-state index < -0.39 is 211 Å². The molecule has 1 saturated heterocycles. The Balaban J connectivity index is 2.30. The molecule has 122 heavy (non-hydrogen) atoms. The summed E-state index contributed by atoms with van der Waals surface area (Å²) < 4.78 is 5.38. The molecule has 0 aliphatic carbocycles. The third kappa shape index (κ3) is 44.0. The van der Waals surface area contributed by atoms with E-state index >= 15 is 0 Å². The molecular weight excluding hydrogens is 1630 g/mol. The molecule has 1 aliphatic rings. The predicted octanol–water partition coefficient (Wildman–Crippen LogP) is -0.307. The number of unbranched alkanes of at least 4 members (excludes halogenated alkanes) is 13. The Morgan fingerprint density at radius 2 is 1.02 bits per heavy atom. The molecule has 1 heterocycles. The van der Waals surface area contributed by atoms with Gasteiger partial charge < -0.3 is 116 Å². The first-order valence-corrected chi connectivity index (χ1v) is 44.1. The summed E-state index contributed by atoms with van der Waals surface area (Å²) >= 11 is 5.64. The van der Waals surface area contributed by atoms with Crippen molar-refractivity contribution in [2.45, 2.75) is 307 Å². The Morgan fingerprint density at radius 3 is 1.58 bits per heavy atom. The lowest BCUT2D eigenvalue weighted by Crippen LogP contribution is -2.62. The van der Waals surface area contributed by atoms with Crippen LogP contribution < -0.4 is 75.7 Å². The van der Waals surface area contributed by atoms with Gasteiger partial charge in [0.25, 0.3) is 0 Å². The van der Waals surface area contributed by atoms with Gasteiger partial charge in [-0.25, -0.2) is 4.79 Å². The van der Waals surface area contributed by atoms with Gasteiger partial charge in [0.15, 0.2) is 12.0 Å². The van der Waals surface area contributed by atoms with Crippen LogP contribution in [0, 0.1) is 11.8 Å². The number of carboxylic acid groups (broad SMARTS) is 3. The third-order valence-electron chi connectivity index (χ3n) is 20.0. The standard InChI is InChI=1S/C81H136N16O23S2/c1-8-9-10-11-12-13-14-15-16-17-18-19-23-33-65(106)120-40-42-122-41-36-62(101)94-66(49(4)5)77(115)91-58(45-64(104)105)73(111)93-60(47-121)75(113)90-57(44-52-28-21-20-22-29-52)72(110)89-56(43-48(2)3)71(109)92-59(46-98)74(112)88-55(31-26-38-85-81(83)84)79(117)97-39-27-32-61(97)76(114)95-67(50(6)99)78(116)87-54(34-35-63(102)103)69(107)86-53(30-24-25-37-82)70(108)96-68(51(7)100)80(118)119/h20-22,28-29,48-51,53-61,66-68,98-100,121H,8-19,23-27,30-47,82H2,1-7H3,(H,86,107)(H,87,116)(H,88,112)(H,89,110)(H,90,113)(H,91,115)(H,92,109)(H,93,111)(H,94,101)(H,95,114)(H,96,108)(H,102,103)(H,104,105)(H,118,119)(H4,83,84,85)/t50-,51-,53+,54+,55+,56+,57+,58+,59+,60+,61+,66+,67+,68+/m1/s1. The van der Waals surface area contributed by atoms with E-state index in [1.54, 1.807) is 58.0 Å². The first-order chi connectivity index (χ1) is 57.9. The van der Waals surface area contributed by atoms with Crippen LogP contribution in [-0.2, 0) is 87.9 Å². The predicted molar refractivity (Wildman–Crippen MR) is 457 cm³/mol. The minimum Gasteiger partial charge on any atom is -0.481 e. The van der Waals surface area contributed by atoms with Gasteiger partial charge in [-0.15, -0.1) is 0 Å². The largest absolute Gasteiger partial charge is 0.481 e. The van der Waals surface area contributed by atoms with Gasteiger partial charge in [0, 0.05) is 56.0 Å². The van der Waals surface area contributed by atoms with Crippen LogP contribution in [0.25, 0.3) is 0 Å². The average molecular weight is 1770 g/mol. The summed E-state index contributed by atoms with van der Waals surface area (Å²) in [6, 6.07) is -11.4. The summed E-state index contributed by atoms with van der Waals surface area (Å²) in [6.45, 7) is 10.0.